The van der Waals surface area contributed by atoms with Crippen LogP contribution >= 0.6 is 11.3 Å². The summed E-state index contributed by atoms with van der Waals surface area (Å²) in [5.41, 5.74) is 1.82. The van der Waals surface area contributed by atoms with Crippen molar-refractivity contribution in [2.75, 3.05) is 12.0 Å². The van der Waals surface area contributed by atoms with Crippen LogP contribution in [0.15, 0.2) is 48.5 Å². The Hall–Kier alpha value is -2.73. The van der Waals surface area contributed by atoms with Crippen molar-refractivity contribution < 1.29 is 14.3 Å². The number of thiazole rings is 1. The first kappa shape index (κ1) is 16.7. The Morgan fingerprint density at radius 2 is 1.96 bits per heavy atom. The molecule has 0 N–H and O–H groups in total. The highest BCUT2D eigenvalue weighted by atomic mass is 32.1. The van der Waals surface area contributed by atoms with E-state index in [9.17, 15) is 9.59 Å². The number of methoxy groups -OCH3 is 1. The van der Waals surface area contributed by atoms with Gasteiger partial charge < -0.3 is 4.74 Å². The number of rotatable bonds is 4. The number of fused-ring (bicyclic) bond motifs is 1. The maximum absolute atomic E-state index is 13.0. The summed E-state index contributed by atoms with van der Waals surface area (Å²) < 4.78 is 6.12. The first-order valence-corrected chi connectivity index (χ1v) is 9.26. The van der Waals surface area contributed by atoms with E-state index in [2.05, 4.69) is 4.98 Å². The summed E-state index contributed by atoms with van der Waals surface area (Å²) in [6.07, 6.45) is 0.216. The third kappa shape index (κ3) is 2.76. The van der Waals surface area contributed by atoms with Gasteiger partial charge in [0.2, 0.25) is 11.8 Å². The maximum atomic E-state index is 13.0. The minimum Gasteiger partial charge on any atom is -0.497 e. The topological polar surface area (TPSA) is 59.5 Å². The Balaban J connectivity index is 1.65. The van der Waals surface area contributed by atoms with Crippen molar-refractivity contribution in [3.05, 3.63) is 54.1 Å². The zero-order valence-corrected chi connectivity index (χ0v) is 15.3. The third-order valence-electron chi connectivity index (χ3n) is 4.89. The molecule has 0 radical (unpaired) electrons. The molecule has 0 saturated carbocycles. The van der Waals surface area contributed by atoms with Crippen LogP contribution in [0.1, 0.15) is 24.8 Å². The van der Waals surface area contributed by atoms with Crippen molar-refractivity contribution in [2.45, 2.75) is 19.3 Å². The highest BCUT2D eigenvalue weighted by molar-refractivity contribution is 7.22. The Morgan fingerprint density at radius 3 is 2.69 bits per heavy atom. The summed E-state index contributed by atoms with van der Waals surface area (Å²) in [6, 6.07) is 15.4. The molecule has 0 spiro atoms. The lowest BCUT2D eigenvalue weighted by Crippen LogP contribution is -2.31. The van der Waals surface area contributed by atoms with Gasteiger partial charge in [0, 0.05) is 6.42 Å². The SMILES string of the molecule is COc1ccc2nc(N3C(=O)C[C@H]([C@@H](C)c4ccccc4)C3=O)sc2c1. The second-order valence-electron chi connectivity index (χ2n) is 6.41. The van der Waals surface area contributed by atoms with Crippen LogP contribution in [-0.2, 0) is 9.59 Å². The summed E-state index contributed by atoms with van der Waals surface area (Å²) in [4.78, 5) is 31.3. The van der Waals surface area contributed by atoms with Gasteiger partial charge in [-0.1, -0.05) is 48.6 Å². The molecule has 2 heterocycles. The quantitative estimate of drug-likeness (QED) is 0.655. The predicted octanol–water partition coefficient (Wildman–Crippen LogP) is 3.99. The van der Waals surface area contributed by atoms with Gasteiger partial charge in [0.05, 0.1) is 23.2 Å². The Labute approximate surface area is 155 Å². The smallest absolute Gasteiger partial charge is 0.239 e. The molecule has 2 aromatic carbocycles. The van der Waals surface area contributed by atoms with Gasteiger partial charge in [-0.15, -0.1) is 0 Å². The lowest BCUT2D eigenvalue weighted by atomic mass is 9.86. The van der Waals surface area contributed by atoms with E-state index in [1.807, 2.05) is 55.5 Å². The van der Waals surface area contributed by atoms with Gasteiger partial charge in [0.1, 0.15) is 5.75 Å². The normalized spacial score (nSPS) is 18.5. The number of anilines is 1. The number of imide groups is 1. The molecular formula is C20H18N2O3S. The number of amides is 2. The summed E-state index contributed by atoms with van der Waals surface area (Å²) in [6.45, 7) is 2.00. The highest BCUT2D eigenvalue weighted by Crippen LogP contribution is 2.39. The van der Waals surface area contributed by atoms with Gasteiger partial charge in [0.25, 0.3) is 0 Å². The standard InChI is InChI=1S/C20H18N2O3S/c1-12(13-6-4-3-5-7-13)15-11-18(23)22(19(15)24)20-21-16-9-8-14(25-2)10-17(16)26-20/h3-10,12,15H,11H2,1-2H3/t12-,15+/m0/s1. The molecule has 1 fully saturated rings. The van der Waals surface area contributed by atoms with Crippen LogP contribution in [0.3, 0.4) is 0 Å². The van der Waals surface area contributed by atoms with E-state index in [1.54, 1.807) is 7.11 Å². The van der Waals surface area contributed by atoms with Gasteiger partial charge in [-0.3, -0.25) is 9.59 Å². The average Bonchev–Trinajstić information content (AvgIpc) is 3.20. The van der Waals surface area contributed by atoms with Crippen LogP contribution in [0, 0.1) is 5.92 Å². The van der Waals surface area contributed by atoms with Gasteiger partial charge in [-0.25, -0.2) is 9.88 Å². The fourth-order valence-corrected chi connectivity index (χ4v) is 4.37. The zero-order chi connectivity index (χ0) is 18.3. The zero-order valence-electron chi connectivity index (χ0n) is 14.5. The summed E-state index contributed by atoms with van der Waals surface area (Å²) in [5.74, 6) is -0.00732. The molecule has 1 aliphatic heterocycles. The van der Waals surface area contributed by atoms with Gasteiger partial charge in [-0.05, 0) is 29.7 Å². The van der Waals surface area contributed by atoms with E-state index >= 15 is 0 Å². The monoisotopic (exact) mass is 366 g/mol. The van der Waals surface area contributed by atoms with Crippen LogP contribution in [0.25, 0.3) is 10.2 Å². The minimum atomic E-state index is -0.355. The predicted molar refractivity (Wildman–Crippen MR) is 102 cm³/mol. The number of benzene rings is 2. The van der Waals surface area contributed by atoms with Crippen LogP contribution in [0.4, 0.5) is 5.13 Å². The molecule has 4 rings (SSSR count). The number of ether oxygens (including phenoxy) is 1. The molecule has 132 valence electrons. The average molecular weight is 366 g/mol. The second kappa shape index (κ2) is 6.53. The third-order valence-corrected chi connectivity index (χ3v) is 5.89. The fourth-order valence-electron chi connectivity index (χ4n) is 3.35. The number of hydrogen-bond acceptors (Lipinski definition) is 5. The minimum absolute atomic E-state index is 0.0212. The molecular weight excluding hydrogens is 348 g/mol. The summed E-state index contributed by atoms with van der Waals surface area (Å²) in [7, 11) is 1.60. The van der Waals surface area contributed by atoms with Crippen LogP contribution in [0.2, 0.25) is 0 Å². The van der Waals surface area contributed by atoms with E-state index in [0.717, 1.165) is 21.5 Å². The molecule has 0 unspecified atom stereocenters. The van der Waals surface area contributed by atoms with E-state index in [1.165, 1.54) is 16.2 Å². The molecule has 0 aliphatic carbocycles. The van der Waals surface area contributed by atoms with E-state index in [0.29, 0.717) is 5.13 Å². The molecule has 1 aromatic heterocycles. The van der Waals surface area contributed by atoms with Crippen molar-refractivity contribution in [2.24, 2.45) is 5.92 Å². The Kier molecular flexibility index (Phi) is 4.20. The molecule has 5 nitrogen and oxygen atoms in total. The first-order chi connectivity index (χ1) is 12.6. The van der Waals surface area contributed by atoms with E-state index in [-0.39, 0.29) is 30.1 Å². The van der Waals surface area contributed by atoms with E-state index < -0.39 is 0 Å². The number of carbonyl (C=O) groups is 2. The van der Waals surface area contributed by atoms with Crippen molar-refractivity contribution in [3.8, 4) is 5.75 Å². The maximum Gasteiger partial charge on any atom is 0.239 e. The Bertz CT molecular complexity index is 983. The molecule has 6 heteroatoms. The molecule has 3 aromatic rings. The first-order valence-electron chi connectivity index (χ1n) is 8.45. The van der Waals surface area contributed by atoms with Gasteiger partial charge in [0.15, 0.2) is 5.13 Å². The molecule has 1 aliphatic rings. The van der Waals surface area contributed by atoms with Crippen molar-refractivity contribution in [1.29, 1.82) is 0 Å². The second-order valence-corrected chi connectivity index (χ2v) is 7.42. The largest absolute Gasteiger partial charge is 0.497 e. The highest BCUT2D eigenvalue weighted by Gasteiger charge is 2.43. The van der Waals surface area contributed by atoms with E-state index in [4.69, 9.17) is 4.74 Å². The summed E-state index contributed by atoms with van der Waals surface area (Å²) >= 11 is 1.33. The lowest BCUT2D eigenvalue weighted by Gasteiger charge is -2.18. The summed E-state index contributed by atoms with van der Waals surface area (Å²) in [5, 5.41) is 0.436. The number of carbonyl (C=O) groups excluding carboxylic acids is 2. The number of nitrogens with zero attached hydrogens (tertiary/aromatic N) is 2. The Morgan fingerprint density at radius 1 is 1.19 bits per heavy atom. The van der Waals surface area contributed by atoms with Crippen LogP contribution in [-0.4, -0.2) is 23.9 Å². The van der Waals surface area contributed by atoms with Crippen molar-refractivity contribution in [3.63, 3.8) is 0 Å². The van der Waals surface area contributed by atoms with Gasteiger partial charge >= 0.3 is 0 Å². The van der Waals surface area contributed by atoms with Crippen LogP contribution in [0.5, 0.6) is 5.75 Å². The molecule has 26 heavy (non-hydrogen) atoms. The van der Waals surface area contributed by atoms with Crippen molar-refractivity contribution >= 4 is 38.5 Å². The van der Waals surface area contributed by atoms with Crippen molar-refractivity contribution in [1.82, 2.24) is 4.98 Å². The van der Waals surface area contributed by atoms with Crippen LogP contribution < -0.4 is 9.64 Å². The van der Waals surface area contributed by atoms with Gasteiger partial charge in [-0.2, -0.15) is 0 Å². The number of hydrogen-bond donors (Lipinski definition) is 0. The molecule has 1 saturated heterocycles. The fraction of sp³-hybridized carbons (Fsp3) is 0.250. The lowest BCUT2D eigenvalue weighted by molar-refractivity contribution is -0.122. The number of aromatic nitrogens is 1. The molecule has 0 bridgehead atoms. The molecule has 2 amide bonds. The molecule has 2 atom stereocenters.